The SMILES string of the molecule is Cc1nn(Cc2ccccc2Cl)c2sc(C(=O)NC(C)CC(=O)O)cc12. The van der Waals surface area contributed by atoms with Crippen molar-refractivity contribution in [3.8, 4) is 0 Å². The monoisotopic (exact) mass is 391 g/mol. The van der Waals surface area contributed by atoms with Crippen molar-refractivity contribution in [1.29, 1.82) is 0 Å². The molecule has 0 fully saturated rings. The number of thiophene rings is 1. The fraction of sp³-hybridized carbons (Fsp3) is 0.278. The molecule has 8 heteroatoms. The molecule has 0 aliphatic heterocycles. The van der Waals surface area contributed by atoms with E-state index in [2.05, 4.69) is 10.4 Å². The third-order valence-electron chi connectivity index (χ3n) is 3.97. The van der Waals surface area contributed by atoms with E-state index in [4.69, 9.17) is 16.7 Å². The van der Waals surface area contributed by atoms with Gasteiger partial charge in [-0.05, 0) is 31.5 Å². The van der Waals surface area contributed by atoms with E-state index >= 15 is 0 Å². The summed E-state index contributed by atoms with van der Waals surface area (Å²) in [5.74, 6) is -1.22. The molecule has 0 aliphatic rings. The van der Waals surface area contributed by atoms with E-state index in [1.807, 2.05) is 35.9 Å². The topological polar surface area (TPSA) is 84.2 Å². The molecule has 0 radical (unpaired) electrons. The Morgan fingerprint density at radius 2 is 2.12 bits per heavy atom. The number of carboxylic acid groups (broad SMARTS) is 1. The molecule has 0 saturated carbocycles. The second kappa shape index (κ2) is 7.47. The van der Waals surface area contributed by atoms with Crippen LogP contribution in [0.5, 0.6) is 0 Å². The van der Waals surface area contributed by atoms with Crippen LogP contribution in [0.15, 0.2) is 30.3 Å². The molecule has 0 spiro atoms. The molecule has 1 amide bonds. The molecule has 1 aromatic carbocycles. The molecular weight excluding hydrogens is 374 g/mol. The highest BCUT2D eigenvalue weighted by atomic mass is 35.5. The van der Waals surface area contributed by atoms with E-state index in [1.54, 1.807) is 13.0 Å². The predicted octanol–water partition coefficient (Wildman–Crippen LogP) is 3.70. The minimum absolute atomic E-state index is 0.115. The number of aliphatic carboxylic acids is 1. The molecule has 3 rings (SSSR count). The first-order chi connectivity index (χ1) is 12.3. The molecule has 26 heavy (non-hydrogen) atoms. The summed E-state index contributed by atoms with van der Waals surface area (Å²) in [7, 11) is 0. The van der Waals surface area contributed by atoms with Gasteiger partial charge in [0.1, 0.15) is 4.83 Å². The van der Waals surface area contributed by atoms with Gasteiger partial charge < -0.3 is 10.4 Å². The van der Waals surface area contributed by atoms with E-state index in [0.29, 0.717) is 16.4 Å². The number of nitrogens with one attached hydrogen (secondary N) is 1. The first-order valence-electron chi connectivity index (χ1n) is 8.08. The van der Waals surface area contributed by atoms with E-state index in [1.165, 1.54) is 11.3 Å². The largest absolute Gasteiger partial charge is 0.481 e. The number of hydrogen-bond donors (Lipinski definition) is 2. The Kier molecular flexibility index (Phi) is 5.29. The van der Waals surface area contributed by atoms with Crippen molar-refractivity contribution < 1.29 is 14.7 Å². The average molecular weight is 392 g/mol. The van der Waals surface area contributed by atoms with Gasteiger partial charge in [0.15, 0.2) is 0 Å². The quantitative estimate of drug-likeness (QED) is 0.671. The maximum absolute atomic E-state index is 12.4. The molecule has 1 unspecified atom stereocenters. The van der Waals surface area contributed by atoms with Crippen LogP contribution in [-0.2, 0) is 11.3 Å². The molecule has 6 nitrogen and oxygen atoms in total. The van der Waals surface area contributed by atoms with Crippen LogP contribution in [0.4, 0.5) is 0 Å². The van der Waals surface area contributed by atoms with Crippen LogP contribution < -0.4 is 5.32 Å². The zero-order valence-electron chi connectivity index (χ0n) is 14.3. The molecule has 1 atom stereocenters. The number of aromatic nitrogens is 2. The van der Waals surface area contributed by atoms with Crippen LogP contribution >= 0.6 is 22.9 Å². The number of amides is 1. The number of carbonyl (C=O) groups is 2. The lowest BCUT2D eigenvalue weighted by atomic mass is 10.2. The number of benzene rings is 1. The second-order valence-electron chi connectivity index (χ2n) is 6.14. The highest BCUT2D eigenvalue weighted by Crippen LogP contribution is 2.29. The molecular formula is C18H18ClN3O3S. The second-order valence-corrected chi connectivity index (χ2v) is 7.57. The Morgan fingerprint density at radius 3 is 2.81 bits per heavy atom. The predicted molar refractivity (Wildman–Crippen MR) is 102 cm³/mol. The molecule has 2 aromatic heterocycles. The normalized spacial score (nSPS) is 12.3. The third kappa shape index (κ3) is 3.89. The van der Waals surface area contributed by atoms with Crippen molar-refractivity contribution >= 4 is 45.0 Å². The van der Waals surface area contributed by atoms with Crippen molar-refractivity contribution in [2.24, 2.45) is 0 Å². The van der Waals surface area contributed by atoms with Crippen LogP contribution in [0.25, 0.3) is 10.2 Å². The lowest BCUT2D eigenvalue weighted by Crippen LogP contribution is -2.33. The number of aryl methyl sites for hydroxylation is 1. The van der Waals surface area contributed by atoms with Crippen molar-refractivity contribution in [3.05, 3.63) is 51.5 Å². The van der Waals surface area contributed by atoms with Crippen molar-refractivity contribution in [1.82, 2.24) is 15.1 Å². The number of carbonyl (C=O) groups excluding carboxylic acids is 1. The highest BCUT2D eigenvalue weighted by molar-refractivity contribution is 7.20. The Balaban J connectivity index is 1.86. The summed E-state index contributed by atoms with van der Waals surface area (Å²) in [4.78, 5) is 24.6. The minimum Gasteiger partial charge on any atom is -0.481 e. The molecule has 3 aromatic rings. The Labute approximate surface area is 159 Å². The Hall–Kier alpha value is -2.38. The Bertz CT molecular complexity index is 979. The summed E-state index contributed by atoms with van der Waals surface area (Å²) < 4.78 is 1.84. The third-order valence-corrected chi connectivity index (χ3v) is 5.48. The summed E-state index contributed by atoms with van der Waals surface area (Å²) in [6.07, 6.45) is -0.115. The number of halogens is 1. The van der Waals surface area contributed by atoms with Gasteiger partial charge in [-0.3, -0.25) is 14.3 Å². The van der Waals surface area contributed by atoms with E-state index < -0.39 is 12.0 Å². The van der Waals surface area contributed by atoms with Crippen molar-refractivity contribution in [2.75, 3.05) is 0 Å². The van der Waals surface area contributed by atoms with Gasteiger partial charge in [-0.15, -0.1) is 11.3 Å². The van der Waals surface area contributed by atoms with Gasteiger partial charge in [0.25, 0.3) is 5.91 Å². The van der Waals surface area contributed by atoms with Crippen LogP contribution in [-0.4, -0.2) is 32.8 Å². The van der Waals surface area contributed by atoms with Gasteiger partial charge >= 0.3 is 5.97 Å². The van der Waals surface area contributed by atoms with Gasteiger partial charge in [0.05, 0.1) is 23.5 Å². The minimum atomic E-state index is -0.944. The van der Waals surface area contributed by atoms with Gasteiger partial charge in [-0.1, -0.05) is 29.8 Å². The fourth-order valence-electron chi connectivity index (χ4n) is 2.73. The van der Waals surface area contributed by atoms with E-state index in [-0.39, 0.29) is 12.3 Å². The summed E-state index contributed by atoms with van der Waals surface area (Å²) in [5, 5.41) is 17.7. The first kappa shape index (κ1) is 18.4. The standard InChI is InChI=1S/C18H18ClN3O3S/c1-10(7-16(23)24)20-17(25)15-8-13-11(2)21-22(18(13)26-15)9-12-5-3-4-6-14(12)19/h3-6,8,10H,7,9H2,1-2H3,(H,20,25)(H,23,24). The van der Waals surface area contributed by atoms with E-state index in [0.717, 1.165) is 21.5 Å². The summed E-state index contributed by atoms with van der Waals surface area (Å²) in [6, 6.07) is 8.94. The lowest BCUT2D eigenvalue weighted by molar-refractivity contribution is -0.137. The van der Waals surface area contributed by atoms with Gasteiger partial charge in [0.2, 0.25) is 0 Å². The zero-order chi connectivity index (χ0) is 18.8. The van der Waals surface area contributed by atoms with Gasteiger partial charge in [-0.25, -0.2) is 0 Å². The maximum atomic E-state index is 12.4. The molecule has 0 saturated heterocycles. The number of hydrogen-bond acceptors (Lipinski definition) is 4. The molecule has 2 N–H and O–H groups in total. The molecule has 0 bridgehead atoms. The number of fused-ring (bicyclic) bond motifs is 1. The number of nitrogens with zero attached hydrogens (tertiary/aromatic N) is 2. The maximum Gasteiger partial charge on any atom is 0.305 e. The lowest BCUT2D eigenvalue weighted by Gasteiger charge is -2.10. The van der Waals surface area contributed by atoms with Crippen molar-refractivity contribution in [2.45, 2.75) is 32.9 Å². The highest BCUT2D eigenvalue weighted by Gasteiger charge is 2.19. The zero-order valence-corrected chi connectivity index (χ0v) is 15.9. The van der Waals surface area contributed by atoms with Crippen LogP contribution in [0.3, 0.4) is 0 Å². The molecule has 2 heterocycles. The molecule has 136 valence electrons. The number of rotatable bonds is 6. The average Bonchev–Trinajstić information content (AvgIpc) is 3.11. The van der Waals surface area contributed by atoms with E-state index in [9.17, 15) is 9.59 Å². The van der Waals surface area contributed by atoms with Crippen LogP contribution in [0, 0.1) is 6.92 Å². The first-order valence-corrected chi connectivity index (χ1v) is 9.27. The Morgan fingerprint density at radius 1 is 1.38 bits per heavy atom. The van der Waals surface area contributed by atoms with Gasteiger partial charge in [-0.2, -0.15) is 5.10 Å². The summed E-state index contributed by atoms with van der Waals surface area (Å²) in [6.45, 7) is 4.08. The number of carboxylic acids is 1. The van der Waals surface area contributed by atoms with Crippen LogP contribution in [0.2, 0.25) is 5.02 Å². The fourth-order valence-corrected chi connectivity index (χ4v) is 3.99. The van der Waals surface area contributed by atoms with Crippen molar-refractivity contribution in [3.63, 3.8) is 0 Å². The smallest absolute Gasteiger partial charge is 0.305 e. The van der Waals surface area contributed by atoms with Crippen LogP contribution in [0.1, 0.15) is 34.3 Å². The van der Waals surface area contributed by atoms with Gasteiger partial charge in [0, 0.05) is 16.5 Å². The molecule has 0 aliphatic carbocycles. The summed E-state index contributed by atoms with van der Waals surface area (Å²) >= 11 is 7.57. The summed E-state index contributed by atoms with van der Waals surface area (Å²) in [5.41, 5.74) is 1.79.